The number of benzene rings is 1. The molecule has 0 unspecified atom stereocenters. The van der Waals surface area contributed by atoms with E-state index in [9.17, 15) is 13.2 Å². The number of carbonyl (C=O) groups is 1. The summed E-state index contributed by atoms with van der Waals surface area (Å²) >= 11 is 11.8. The second kappa shape index (κ2) is 5.28. The third-order valence-electron chi connectivity index (χ3n) is 2.73. The van der Waals surface area contributed by atoms with Crippen molar-refractivity contribution in [3.63, 3.8) is 0 Å². The van der Waals surface area contributed by atoms with Crippen LogP contribution in [0.2, 0.25) is 10.0 Å². The van der Waals surface area contributed by atoms with Crippen LogP contribution in [-0.4, -0.2) is 36.4 Å². The van der Waals surface area contributed by atoms with Crippen LogP contribution in [0.1, 0.15) is 12.8 Å². The zero-order valence-electron chi connectivity index (χ0n) is 9.71. The van der Waals surface area contributed by atoms with Gasteiger partial charge in [0, 0.05) is 6.04 Å². The third kappa shape index (κ3) is 3.02. The highest BCUT2D eigenvalue weighted by Gasteiger charge is 2.40. The van der Waals surface area contributed by atoms with Crippen LogP contribution in [0.5, 0.6) is 0 Å². The van der Waals surface area contributed by atoms with Crippen LogP contribution in [0.15, 0.2) is 23.1 Å². The lowest BCUT2D eigenvalue weighted by Crippen LogP contribution is -2.37. The number of rotatable bonds is 5. The number of carboxylic acids is 1. The molecule has 1 N–H and O–H groups in total. The van der Waals surface area contributed by atoms with Gasteiger partial charge >= 0.3 is 5.97 Å². The molecule has 5 nitrogen and oxygen atoms in total. The fraction of sp³-hybridized carbons (Fsp3) is 0.364. The van der Waals surface area contributed by atoms with E-state index in [1.807, 2.05) is 0 Å². The van der Waals surface area contributed by atoms with Crippen molar-refractivity contribution in [2.75, 3.05) is 6.54 Å². The molecular formula is C11H11Cl2NO4S. The minimum Gasteiger partial charge on any atom is -0.480 e. The van der Waals surface area contributed by atoms with Crippen molar-refractivity contribution in [2.45, 2.75) is 23.8 Å². The third-order valence-corrected chi connectivity index (χ3v) is 5.59. The summed E-state index contributed by atoms with van der Waals surface area (Å²) in [6, 6.07) is 4.06. The Morgan fingerprint density at radius 3 is 2.26 bits per heavy atom. The molecule has 1 aliphatic carbocycles. The maximum Gasteiger partial charge on any atom is 0.318 e. The van der Waals surface area contributed by atoms with Crippen LogP contribution in [0.4, 0.5) is 0 Å². The highest BCUT2D eigenvalue weighted by Crippen LogP contribution is 2.36. The van der Waals surface area contributed by atoms with E-state index in [2.05, 4.69) is 0 Å². The molecule has 0 atom stereocenters. The number of aliphatic carboxylic acids is 1. The second-order valence-electron chi connectivity index (χ2n) is 4.23. The number of nitrogens with zero attached hydrogens (tertiary/aromatic N) is 1. The van der Waals surface area contributed by atoms with Gasteiger partial charge in [0.25, 0.3) is 0 Å². The Labute approximate surface area is 120 Å². The smallest absolute Gasteiger partial charge is 0.318 e. The summed E-state index contributed by atoms with van der Waals surface area (Å²) in [5.74, 6) is -1.21. The fourth-order valence-corrected chi connectivity index (χ4v) is 4.48. The van der Waals surface area contributed by atoms with Crippen LogP contribution in [-0.2, 0) is 14.8 Å². The molecule has 1 aromatic rings. The van der Waals surface area contributed by atoms with Gasteiger partial charge in [-0.2, -0.15) is 4.31 Å². The summed E-state index contributed by atoms with van der Waals surface area (Å²) in [4.78, 5) is 10.6. The molecule has 0 saturated heterocycles. The van der Waals surface area contributed by atoms with Crippen molar-refractivity contribution in [1.29, 1.82) is 0 Å². The highest BCUT2D eigenvalue weighted by molar-refractivity contribution is 7.89. The monoisotopic (exact) mass is 323 g/mol. The van der Waals surface area contributed by atoms with Crippen molar-refractivity contribution in [3.8, 4) is 0 Å². The predicted molar refractivity (Wildman–Crippen MR) is 71.0 cm³/mol. The van der Waals surface area contributed by atoms with E-state index < -0.39 is 22.5 Å². The summed E-state index contributed by atoms with van der Waals surface area (Å²) in [6.45, 7) is -0.589. The molecule has 0 amide bonds. The highest BCUT2D eigenvalue weighted by atomic mass is 35.5. The first-order valence-corrected chi connectivity index (χ1v) is 7.71. The zero-order chi connectivity index (χ0) is 14.2. The maximum atomic E-state index is 12.5. The summed E-state index contributed by atoms with van der Waals surface area (Å²) in [5, 5.41) is 8.82. The van der Waals surface area contributed by atoms with Crippen LogP contribution in [0.3, 0.4) is 0 Å². The molecule has 1 saturated carbocycles. The van der Waals surface area contributed by atoms with E-state index in [0.717, 1.165) is 4.31 Å². The predicted octanol–water partition coefficient (Wildman–Crippen LogP) is 2.23. The van der Waals surface area contributed by atoms with Crippen LogP contribution >= 0.6 is 23.2 Å². The maximum absolute atomic E-state index is 12.5. The average molecular weight is 324 g/mol. The molecule has 8 heteroatoms. The van der Waals surface area contributed by atoms with Gasteiger partial charge in [-0.25, -0.2) is 8.42 Å². The lowest BCUT2D eigenvalue weighted by Gasteiger charge is -2.21. The normalized spacial score (nSPS) is 15.7. The van der Waals surface area contributed by atoms with Gasteiger partial charge in [-0.1, -0.05) is 29.3 Å². The Morgan fingerprint density at radius 2 is 1.84 bits per heavy atom. The van der Waals surface area contributed by atoms with Gasteiger partial charge in [0.1, 0.15) is 11.4 Å². The Balaban J connectivity index is 2.48. The number of hydrogen-bond acceptors (Lipinski definition) is 3. The fourth-order valence-electron chi connectivity index (χ4n) is 1.75. The van der Waals surface area contributed by atoms with Crippen molar-refractivity contribution >= 4 is 39.2 Å². The Morgan fingerprint density at radius 1 is 1.32 bits per heavy atom. The second-order valence-corrected chi connectivity index (χ2v) is 6.87. The molecular weight excluding hydrogens is 313 g/mol. The van der Waals surface area contributed by atoms with Crippen LogP contribution < -0.4 is 0 Å². The topological polar surface area (TPSA) is 74.7 Å². The van der Waals surface area contributed by atoms with Crippen molar-refractivity contribution in [3.05, 3.63) is 28.2 Å². The van der Waals surface area contributed by atoms with Gasteiger partial charge < -0.3 is 5.11 Å². The summed E-state index contributed by atoms with van der Waals surface area (Å²) in [7, 11) is -4.01. The largest absolute Gasteiger partial charge is 0.480 e. The molecule has 19 heavy (non-hydrogen) atoms. The van der Waals surface area contributed by atoms with Crippen molar-refractivity contribution in [1.82, 2.24) is 4.31 Å². The summed E-state index contributed by atoms with van der Waals surface area (Å²) in [5.41, 5.74) is 0. The molecule has 0 bridgehead atoms. The van der Waals surface area contributed by atoms with E-state index >= 15 is 0 Å². The van der Waals surface area contributed by atoms with Crippen molar-refractivity contribution < 1.29 is 18.3 Å². The molecule has 0 spiro atoms. The van der Waals surface area contributed by atoms with Gasteiger partial charge in [0.2, 0.25) is 10.0 Å². The Kier molecular flexibility index (Phi) is 4.06. The number of halogens is 2. The van der Waals surface area contributed by atoms with Crippen LogP contribution in [0.25, 0.3) is 0 Å². The zero-order valence-corrected chi connectivity index (χ0v) is 12.0. The van der Waals surface area contributed by atoms with Crippen LogP contribution in [0, 0.1) is 0 Å². The summed E-state index contributed by atoms with van der Waals surface area (Å²) < 4.78 is 25.9. The molecule has 0 aromatic heterocycles. The quantitative estimate of drug-likeness (QED) is 0.901. The van der Waals surface area contributed by atoms with E-state index in [1.165, 1.54) is 18.2 Å². The molecule has 0 aliphatic heterocycles. The van der Waals surface area contributed by atoms with Crippen molar-refractivity contribution in [2.24, 2.45) is 0 Å². The van der Waals surface area contributed by atoms with E-state index in [1.54, 1.807) is 0 Å². The van der Waals surface area contributed by atoms with Gasteiger partial charge in [0.15, 0.2) is 0 Å². The molecule has 0 heterocycles. The van der Waals surface area contributed by atoms with E-state index in [-0.39, 0.29) is 21.0 Å². The lowest BCUT2D eigenvalue weighted by molar-refractivity contribution is -0.137. The molecule has 2 rings (SSSR count). The average Bonchev–Trinajstić information content (AvgIpc) is 3.08. The SMILES string of the molecule is O=C(O)CN(C1CC1)S(=O)(=O)c1c(Cl)cccc1Cl. The van der Waals surface area contributed by atoms with Gasteiger partial charge in [0.05, 0.1) is 10.0 Å². The minimum absolute atomic E-state index is 0.0106. The number of carboxylic acid groups (broad SMARTS) is 1. The van der Waals surface area contributed by atoms with Gasteiger partial charge in [-0.3, -0.25) is 4.79 Å². The van der Waals surface area contributed by atoms with Gasteiger partial charge in [-0.15, -0.1) is 0 Å². The molecule has 1 fully saturated rings. The Bertz CT molecular complexity index is 593. The molecule has 0 radical (unpaired) electrons. The first-order valence-electron chi connectivity index (χ1n) is 5.51. The molecule has 1 aromatic carbocycles. The molecule has 1 aliphatic rings. The first-order chi connectivity index (χ1) is 8.84. The molecule has 104 valence electrons. The number of hydrogen-bond donors (Lipinski definition) is 1. The standard InChI is InChI=1S/C11H11Cl2NO4S/c12-8-2-1-3-9(13)11(8)19(17,18)14(6-10(15)16)7-4-5-7/h1-3,7H,4-6H2,(H,15,16). The van der Waals surface area contributed by atoms with Gasteiger partial charge in [-0.05, 0) is 25.0 Å². The Hall–Kier alpha value is -0.820. The lowest BCUT2D eigenvalue weighted by atomic mass is 10.4. The minimum atomic E-state index is -4.01. The summed E-state index contributed by atoms with van der Waals surface area (Å²) in [6.07, 6.45) is 1.29. The van der Waals surface area contributed by atoms with E-state index in [0.29, 0.717) is 12.8 Å². The number of sulfonamides is 1. The first kappa shape index (κ1) is 14.6. The van der Waals surface area contributed by atoms with E-state index in [4.69, 9.17) is 28.3 Å².